The largest absolute Gasteiger partial charge is 0.325 e. The zero-order valence-corrected chi connectivity index (χ0v) is 12.6. The fourth-order valence-electron chi connectivity index (χ4n) is 2.71. The molecule has 0 radical (unpaired) electrons. The molecule has 108 valence electrons. The second kappa shape index (κ2) is 5.20. The van der Waals surface area contributed by atoms with Crippen molar-refractivity contribution in [1.29, 1.82) is 0 Å². The van der Waals surface area contributed by atoms with E-state index in [1.807, 2.05) is 39.0 Å². The number of hydrogen-bond donors (Lipinski definition) is 1. The average molecular weight is 281 g/mol. The summed E-state index contributed by atoms with van der Waals surface area (Å²) in [6, 6.07) is 10.2. The van der Waals surface area contributed by atoms with Gasteiger partial charge >= 0.3 is 0 Å². The van der Waals surface area contributed by atoms with Gasteiger partial charge in [-0.05, 0) is 25.0 Å². The summed E-state index contributed by atoms with van der Waals surface area (Å²) in [6.07, 6.45) is 0.722. The van der Waals surface area contributed by atoms with Crippen LogP contribution in [0.2, 0.25) is 0 Å². The van der Waals surface area contributed by atoms with Gasteiger partial charge in [0.15, 0.2) is 0 Å². The Kier molecular flexibility index (Phi) is 3.37. The summed E-state index contributed by atoms with van der Waals surface area (Å²) in [4.78, 5) is 19.8. The number of hydrogen-bond acceptors (Lipinski definition) is 2. The molecule has 0 atom stereocenters. The number of benzene rings is 1. The van der Waals surface area contributed by atoms with Gasteiger partial charge in [-0.1, -0.05) is 37.3 Å². The number of aromatic nitrogens is 3. The molecular weight excluding hydrogens is 262 g/mol. The molecule has 0 aliphatic carbocycles. The third-order valence-corrected chi connectivity index (χ3v) is 4.05. The number of H-pyrrole nitrogens is 1. The Balaban J connectivity index is 2.24. The van der Waals surface area contributed by atoms with E-state index in [9.17, 15) is 4.79 Å². The summed E-state index contributed by atoms with van der Waals surface area (Å²) < 4.78 is 2.13. The molecule has 0 unspecified atom stereocenters. The van der Waals surface area contributed by atoms with Crippen molar-refractivity contribution in [3.05, 3.63) is 63.3 Å². The van der Waals surface area contributed by atoms with Crippen molar-refractivity contribution in [2.24, 2.45) is 0 Å². The lowest BCUT2D eigenvalue weighted by Gasteiger charge is -2.08. The topological polar surface area (TPSA) is 50.7 Å². The second-order valence-corrected chi connectivity index (χ2v) is 5.35. The van der Waals surface area contributed by atoms with Gasteiger partial charge in [0.25, 0.3) is 5.56 Å². The molecular formula is C17H19N3O. The highest BCUT2D eigenvalue weighted by molar-refractivity contribution is 5.81. The van der Waals surface area contributed by atoms with Gasteiger partial charge in [-0.15, -0.1) is 0 Å². The van der Waals surface area contributed by atoms with Crippen LogP contribution in [0.25, 0.3) is 11.0 Å². The van der Waals surface area contributed by atoms with E-state index < -0.39 is 0 Å². The zero-order chi connectivity index (χ0) is 15.0. The number of fused-ring (bicyclic) bond motifs is 1. The molecule has 1 N–H and O–H groups in total. The van der Waals surface area contributed by atoms with Crippen LogP contribution in [0, 0.1) is 13.8 Å². The first-order valence-corrected chi connectivity index (χ1v) is 7.24. The molecule has 0 fully saturated rings. The second-order valence-electron chi connectivity index (χ2n) is 5.35. The molecule has 0 amide bonds. The first-order valence-electron chi connectivity index (χ1n) is 7.24. The van der Waals surface area contributed by atoms with Gasteiger partial charge in [0, 0.05) is 18.7 Å². The normalized spacial score (nSPS) is 11.2. The number of nitrogens with zero attached hydrogens (tertiary/aromatic N) is 2. The molecule has 4 heteroatoms. The van der Waals surface area contributed by atoms with Crippen LogP contribution in [0.1, 0.15) is 29.6 Å². The first kappa shape index (κ1) is 13.6. The van der Waals surface area contributed by atoms with E-state index in [2.05, 4.69) is 26.7 Å². The molecule has 0 aliphatic rings. The number of aryl methyl sites for hydroxylation is 2. The first-order chi connectivity index (χ1) is 10.1. The predicted octanol–water partition coefficient (Wildman–Crippen LogP) is 2.95. The minimum atomic E-state index is -0.0377. The summed E-state index contributed by atoms with van der Waals surface area (Å²) in [7, 11) is 0. The standard InChI is InChI=1S/C17H19N3O/c1-4-14-18-16-15(17(21)19-14)11(2)12(3)20(16)10-13-8-6-5-7-9-13/h5-9H,4,10H2,1-3H3,(H,18,19,21). The van der Waals surface area contributed by atoms with Gasteiger partial charge in [0.1, 0.15) is 11.5 Å². The van der Waals surface area contributed by atoms with Crippen molar-refractivity contribution in [2.45, 2.75) is 33.7 Å². The quantitative estimate of drug-likeness (QED) is 0.802. The van der Waals surface area contributed by atoms with Crippen molar-refractivity contribution >= 4 is 11.0 Å². The van der Waals surface area contributed by atoms with Gasteiger partial charge in [-0.3, -0.25) is 4.79 Å². The van der Waals surface area contributed by atoms with E-state index in [1.165, 1.54) is 5.56 Å². The summed E-state index contributed by atoms with van der Waals surface area (Å²) in [5.74, 6) is 0.735. The molecule has 0 saturated heterocycles. The molecule has 21 heavy (non-hydrogen) atoms. The number of nitrogens with one attached hydrogen (secondary N) is 1. The van der Waals surface area contributed by atoms with Crippen molar-refractivity contribution in [3.63, 3.8) is 0 Å². The number of rotatable bonds is 3. The molecule has 0 saturated carbocycles. The van der Waals surface area contributed by atoms with E-state index in [-0.39, 0.29) is 5.56 Å². The highest BCUT2D eigenvalue weighted by Gasteiger charge is 2.16. The Hall–Kier alpha value is -2.36. The third-order valence-electron chi connectivity index (χ3n) is 4.05. The van der Waals surface area contributed by atoms with Gasteiger partial charge in [-0.2, -0.15) is 0 Å². The monoisotopic (exact) mass is 281 g/mol. The Labute approximate surface area is 123 Å². The van der Waals surface area contributed by atoms with Crippen LogP contribution >= 0.6 is 0 Å². The lowest BCUT2D eigenvalue weighted by Crippen LogP contribution is -2.12. The minimum absolute atomic E-state index is 0.0377. The van der Waals surface area contributed by atoms with E-state index in [4.69, 9.17) is 0 Å². The van der Waals surface area contributed by atoms with Crippen LogP contribution in [-0.4, -0.2) is 14.5 Å². The Morgan fingerprint density at radius 2 is 1.90 bits per heavy atom. The molecule has 0 spiro atoms. The van der Waals surface area contributed by atoms with Crippen LogP contribution in [-0.2, 0) is 13.0 Å². The van der Waals surface area contributed by atoms with E-state index >= 15 is 0 Å². The molecule has 1 aromatic carbocycles. The molecule has 0 aliphatic heterocycles. The van der Waals surface area contributed by atoms with Crippen LogP contribution in [0.15, 0.2) is 35.1 Å². The third kappa shape index (κ3) is 2.27. The minimum Gasteiger partial charge on any atom is -0.325 e. The Bertz CT molecular complexity index is 844. The summed E-state index contributed by atoms with van der Waals surface area (Å²) in [5.41, 5.74) is 4.06. The van der Waals surface area contributed by atoms with Gasteiger partial charge < -0.3 is 9.55 Å². The maximum absolute atomic E-state index is 12.3. The van der Waals surface area contributed by atoms with Crippen LogP contribution in [0.5, 0.6) is 0 Å². The fourth-order valence-corrected chi connectivity index (χ4v) is 2.71. The molecule has 3 rings (SSSR count). The van der Waals surface area contributed by atoms with Crippen molar-refractivity contribution in [1.82, 2.24) is 14.5 Å². The van der Waals surface area contributed by atoms with Crippen LogP contribution in [0.4, 0.5) is 0 Å². The SMILES string of the molecule is CCc1nc2c(c(C)c(C)n2Cc2ccccc2)c(=O)[nH]1. The molecule has 0 bridgehead atoms. The van der Waals surface area contributed by atoms with E-state index in [0.29, 0.717) is 5.39 Å². The van der Waals surface area contributed by atoms with Crippen LogP contribution in [0.3, 0.4) is 0 Å². The van der Waals surface area contributed by atoms with Crippen molar-refractivity contribution in [3.8, 4) is 0 Å². The van der Waals surface area contributed by atoms with Gasteiger partial charge in [-0.25, -0.2) is 4.98 Å². The Morgan fingerprint density at radius 3 is 2.57 bits per heavy atom. The molecule has 3 aromatic rings. The van der Waals surface area contributed by atoms with Crippen molar-refractivity contribution < 1.29 is 0 Å². The lowest BCUT2D eigenvalue weighted by atomic mass is 10.2. The van der Waals surface area contributed by atoms with Crippen molar-refractivity contribution in [2.75, 3.05) is 0 Å². The van der Waals surface area contributed by atoms with Gasteiger partial charge in [0.05, 0.1) is 5.39 Å². The van der Waals surface area contributed by atoms with Crippen LogP contribution < -0.4 is 5.56 Å². The zero-order valence-electron chi connectivity index (χ0n) is 12.6. The fraction of sp³-hybridized carbons (Fsp3) is 0.294. The predicted molar refractivity (Wildman–Crippen MR) is 84.7 cm³/mol. The smallest absolute Gasteiger partial charge is 0.260 e. The maximum Gasteiger partial charge on any atom is 0.260 e. The summed E-state index contributed by atoms with van der Waals surface area (Å²) in [5, 5.41) is 0.709. The summed E-state index contributed by atoms with van der Waals surface area (Å²) in [6.45, 7) is 6.76. The van der Waals surface area contributed by atoms with E-state index in [1.54, 1.807) is 0 Å². The Morgan fingerprint density at radius 1 is 1.19 bits per heavy atom. The lowest BCUT2D eigenvalue weighted by molar-refractivity contribution is 0.783. The maximum atomic E-state index is 12.3. The average Bonchev–Trinajstić information content (AvgIpc) is 2.73. The van der Waals surface area contributed by atoms with E-state index in [0.717, 1.165) is 35.7 Å². The highest BCUT2D eigenvalue weighted by atomic mass is 16.1. The van der Waals surface area contributed by atoms with Gasteiger partial charge in [0.2, 0.25) is 0 Å². The summed E-state index contributed by atoms with van der Waals surface area (Å²) >= 11 is 0. The number of aromatic amines is 1. The highest BCUT2D eigenvalue weighted by Crippen LogP contribution is 2.22. The molecule has 4 nitrogen and oxygen atoms in total. The molecule has 2 aromatic heterocycles. The molecule has 2 heterocycles.